The number of benzene rings is 1. The number of carbonyl (C=O) groups excluding carboxylic acids is 2. The van der Waals surface area contributed by atoms with Gasteiger partial charge in [-0.2, -0.15) is 0 Å². The fraction of sp³-hybridized carbons (Fsp3) is 0.556. The van der Waals surface area contributed by atoms with Gasteiger partial charge in [0.1, 0.15) is 0 Å². The predicted octanol–water partition coefficient (Wildman–Crippen LogP) is 2.59. The van der Waals surface area contributed by atoms with E-state index >= 15 is 0 Å². The van der Waals surface area contributed by atoms with Crippen LogP contribution in [0.3, 0.4) is 0 Å². The second-order valence-corrected chi connectivity index (χ2v) is 6.44. The van der Waals surface area contributed by atoms with Crippen LogP contribution in [0, 0.1) is 0 Å². The van der Waals surface area contributed by atoms with E-state index in [1.807, 2.05) is 6.92 Å². The molecule has 1 aliphatic heterocycles. The van der Waals surface area contributed by atoms with Crippen molar-refractivity contribution in [2.45, 2.75) is 65.5 Å². The van der Waals surface area contributed by atoms with E-state index in [1.165, 1.54) is 0 Å². The van der Waals surface area contributed by atoms with Crippen LogP contribution in [0.5, 0.6) is 11.5 Å². The van der Waals surface area contributed by atoms with Crippen molar-refractivity contribution in [3.8, 4) is 11.5 Å². The van der Waals surface area contributed by atoms with E-state index < -0.39 is 29.9 Å². The molecular weight excluding hydrogens is 326 g/mol. The highest BCUT2D eigenvalue weighted by molar-refractivity contribution is 6.03. The molecule has 2 rings (SSSR count). The van der Waals surface area contributed by atoms with Gasteiger partial charge in [-0.15, -0.1) is 0 Å². The first-order valence-electron chi connectivity index (χ1n) is 8.42. The smallest absolute Gasteiger partial charge is 0.453 e. The first kappa shape index (κ1) is 18.9. The SMILES string of the molecule is CCCc1c(N)ccc2c1OC(C(=O)OC(C)C)(C(=O)OC(C)C)O2. The number of nitrogens with two attached hydrogens (primary N) is 1. The van der Waals surface area contributed by atoms with E-state index in [1.54, 1.807) is 39.8 Å². The van der Waals surface area contributed by atoms with E-state index in [0.29, 0.717) is 17.7 Å². The first-order valence-corrected chi connectivity index (χ1v) is 8.42. The molecule has 0 radical (unpaired) electrons. The third-order valence-corrected chi connectivity index (χ3v) is 3.48. The molecule has 0 fully saturated rings. The summed E-state index contributed by atoms with van der Waals surface area (Å²) in [7, 11) is 0. The Balaban J connectivity index is 2.47. The lowest BCUT2D eigenvalue weighted by atomic mass is 10.1. The molecule has 138 valence electrons. The van der Waals surface area contributed by atoms with E-state index in [9.17, 15) is 9.59 Å². The Kier molecular flexibility index (Phi) is 5.45. The van der Waals surface area contributed by atoms with Crippen molar-refractivity contribution in [2.24, 2.45) is 0 Å². The van der Waals surface area contributed by atoms with Gasteiger partial charge < -0.3 is 24.7 Å². The molecule has 0 amide bonds. The molecule has 1 heterocycles. The van der Waals surface area contributed by atoms with E-state index in [2.05, 4.69) is 0 Å². The number of ether oxygens (including phenoxy) is 4. The van der Waals surface area contributed by atoms with Crippen molar-refractivity contribution < 1.29 is 28.5 Å². The van der Waals surface area contributed by atoms with Crippen LogP contribution >= 0.6 is 0 Å². The van der Waals surface area contributed by atoms with Gasteiger partial charge in [0.25, 0.3) is 0 Å². The van der Waals surface area contributed by atoms with Crippen molar-refractivity contribution in [3.63, 3.8) is 0 Å². The summed E-state index contributed by atoms with van der Waals surface area (Å²) in [6.45, 7) is 8.66. The topological polar surface area (TPSA) is 97.1 Å². The molecule has 0 saturated carbocycles. The number of nitrogen functional groups attached to an aromatic ring is 1. The average Bonchev–Trinajstić information content (AvgIpc) is 2.90. The van der Waals surface area contributed by atoms with Gasteiger partial charge in [0.05, 0.1) is 12.2 Å². The van der Waals surface area contributed by atoms with E-state index in [0.717, 1.165) is 6.42 Å². The number of anilines is 1. The average molecular weight is 351 g/mol. The summed E-state index contributed by atoms with van der Waals surface area (Å²) >= 11 is 0. The first-order chi connectivity index (χ1) is 11.7. The zero-order valence-corrected chi connectivity index (χ0v) is 15.3. The van der Waals surface area contributed by atoms with Gasteiger partial charge in [0.15, 0.2) is 11.5 Å². The van der Waals surface area contributed by atoms with Gasteiger partial charge in [-0.3, -0.25) is 0 Å². The zero-order chi connectivity index (χ0) is 18.8. The van der Waals surface area contributed by atoms with Crippen molar-refractivity contribution in [1.29, 1.82) is 0 Å². The van der Waals surface area contributed by atoms with Crippen LogP contribution < -0.4 is 15.2 Å². The Morgan fingerprint density at radius 3 is 2.12 bits per heavy atom. The minimum Gasteiger partial charge on any atom is -0.457 e. The van der Waals surface area contributed by atoms with Gasteiger partial charge in [-0.05, 0) is 46.2 Å². The summed E-state index contributed by atoms with van der Waals surface area (Å²) in [6, 6.07) is 3.22. The molecule has 25 heavy (non-hydrogen) atoms. The molecule has 0 saturated heterocycles. The number of carbonyl (C=O) groups is 2. The second-order valence-electron chi connectivity index (χ2n) is 6.44. The van der Waals surface area contributed by atoms with Crippen LogP contribution in [0.2, 0.25) is 0 Å². The molecule has 0 aliphatic carbocycles. The van der Waals surface area contributed by atoms with Crippen LogP contribution in [0.1, 0.15) is 46.6 Å². The van der Waals surface area contributed by atoms with E-state index in [-0.39, 0.29) is 11.5 Å². The van der Waals surface area contributed by atoms with Crippen molar-refractivity contribution in [1.82, 2.24) is 0 Å². The maximum atomic E-state index is 12.6. The summed E-state index contributed by atoms with van der Waals surface area (Å²) in [4.78, 5) is 25.2. The molecule has 1 aromatic rings. The molecule has 7 heteroatoms. The van der Waals surface area contributed by atoms with E-state index in [4.69, 9.17) is 24.7 Å². The van der Waals surface area contributed by atoms with Gasteiger partial charge in [-0.25, -0.2) is 9.59 Å². The van der Waals surface area contributed by atoms with Gasteiger partial charge in [0.2, 0.25) is 0 Å². The largest absolute Gasteiger partial charge is 0.457 e. The lowest BCUT2D eigenvalue weighted by Crippen LogP contribution is -2.56. The number of hydrogen-bond acceptors (Lipinski definition) is 7. The highest BCUT2D eigenvalue weighted by atomic mass is 16.8. The number of fused-ring (bicyclic) bond motifs is 1. The zero-order valence-electron chi connectivity index (χ0n) is 15.3. The van der Waals surface area contributed by atoms with Crippen LogP contribution in [0.15, 0.2) is 12.1 Å². The molecule has 0 aromatic heterocycles. The molecule has 2 N–H and O–H groups in total. The Morgan fingerprint density at radius 1 is 1.08 bits per heavy atom. The van der Waals surface area contributed by atoms with Crippen LogP contribution in [0.25, 0.3) is 0 Å². The number of hydrogen-bond donors (Lipinski definition) is 1. The Hall–Kier alpha value is -2.44. The lowest BCUT2D eigenvalue weighted by molar-refractivity contribution is -0.207. The predicted molar refractivity (Wildman–Crippen MR) is 91.3 cm³/mol. The summed E-state index contributed by atoms with van der Waals surface area (Å²) < 4.78 is 21.7. The molecule has 0 atom stereocenters. The normalized spacial score (nSPS) is 14.7. The summed E-state index contributed by atoms with van der Waals surface area (Å²) in [5.74, 6) is -3.68. The third kappa shape index (κ3) is 3.65. The summed E-state index contributed by atoms with van der Waals surface area (Å²) in [6.07, 6.45) is 0.524. The molecule has 0 unspecified atom stereocenters. The minimum atomic E-state index is -2.31. The monoisotopic (exact) mass is 351 g/mol. The number of esters is 2. The fourth-order valence-electron chi connectivity index (χ4n) is 2.47. The molecule has 1 aromatic carbocycles. The maximum Gasteiger partial charge on any atom is 0.453 e. The van der Waals surface area contributed by atoms with Crippen molar-refractivity contribution in [2.75, 3.05) is 5.73 Å². The standard InChI is InChI=1S/C18H25NO6/c1-6-7-12-13(19)8-9-14-15(12)25-18(24-14,16(20)22-10(2)3)17(21)23-11(4)5/h8-11H,6-7,19H2,1-5H3. The lowest BCUT2D eigenvalue weighted by Gasteiger charge is -2.25. The molecule has 0 bridgehead atoms. The van der Waals surface area contributed by atoms with Gasteiger partial charge in [-0.1, -0.05) is 13.3 Å². The highest BCUT2D eigenvalue weighted by Crippen LogP contribution is 2.45. The third-order valence-electron chi connectivity index (χ3n) is 3.48. The highest BCUT2D eigenvalue weighted by Gasteiger charge is 2.60. The Bertz CT molecular complexity index is 646. The summed E-state index contributed by atoms with van der Waals surface area (Å²) in [5, 5.41) is 0. The van der Waals surface area contributed by atoms with Gasteiger partial charge in [0, 0.05) is 11.3 Å². The Labute approximate surface area is 147 Å². The van der Waals surface area contributed by atoms with Crippen molar-refractivity contribution in [3.05, 3.63) is 17.7 Å². The molecule has 7 nitrogen and oxygen atoms in total. The second kappa shape index (κ2) is 7.21. The van der Waals surface area contributed by atoms with Gasteiger partial charge >= 0.3 is 17.7 Å². The maximum absolute atomic E-state index is 12.6. The molecule has 0 spiro atoms. The quantitative estimate of drug-likeness (QED) is 0.478. The van der Waals surface area contributed by atoms with Crippen LogP contribution in [-0.4, -0.2) is 29.9 Å². The molecule has 1 aliphatic rings. The fourth-order valence-corrected chi connectivity index (χ4v) is 2.47. The minimum absolute atomic E-state index is 0.263. The van der Waals surface area contributed by atoms with Crippen molar-refractivity contribution >= 4 is 17.6 Å². The van der Waals surface area contributed by atoms with Crippen LogP contribution in [-0.2, 0) is 25.5 Å². The molecular formula is C18H25NO6. The Morgan fingerprint density at radius 2 is 1.64 bits per heavy atom. The summed E-state index contributed by atoms with van der Waals surface area (Å²) in [5.41, 5.74) is 7.21. The van der Waals surface area contributed by atoms with Crippen LogP contribution in [0.4, 0.5) is 5.69 Å². The number of rotatable bonds is 6.